The van der Waals surface area contributed by atoms with E-state index >= 15 is 0 Å². The maximum absolute atomic E-state index is 12.9. The van der Waals surface area contributed by atoms with Crippen molar-refractivity contribution in [1.29, 1.82) is 5.26 Å². The highest BCUT2D eigenvalue weighted by atomic mass is 32.2. The summed E-state index contributed by atoms with van der Waals surface area (Å²) in [5.74, 6) is 0.0809. The summed E-state index contributed by atoms with van der Waals surface area (Å²) in [4.78, 5) is 20.6. The lowest BCUT2D eigenvalue weighted by molar-refractivity contribution is -0.134. The van der Waals surface area contributed by atoms with E-state index in [0.29, 0.717) is 50.4 Å². The van der Waals surface area contributed by atoms with E-state index in [-0.39, 0.29) is 16.7 Å². The SMILES string of the molecule is CC(C)C(=O)N1CCN(c2cc(S(=O)(=O)NC3(C#N)CC3)cn3ccnc23)CC1. The zero-order chi connectivity index (χ0) is 20.8. The van der Waals surface area contributed by atoms with E-state index in [0.717, 1.165) is 0 Å². The van der Waals surface area contributed by atoms with Crippen molar-refractivity contribution in [3.63, 3.8) is 0 Å². The van der Waals surface area contributed by atoms with Gasteiger partial charge in [-0.05, 0) is 18.9 Å². The van der Waals surface area contributed by atoms with Crippen molar-refractivity contribution in [3.8, 4) is 6.07 Å². The number of carbonyl (C=O) groups excluding carboxylic acids is 1. The van der Waals surface area contributed by atoms with Crippen LogP contribution in [0, 0.1) is 17.2 Å². The Bertz CT molecular complexity index is 1090. The highest BCUT2D eigenvalue weighted by molar-refractivity contribution is 7.89. The van der Waals surface area contributed by atoms with Crippen molar-refractivity contribution in [2.24, 2.45) is 5.92 Å². The summed E-state index contributed by atoms with van der Waals surface area (Å²) in [5, 5.41) is 9.24. The molecule has 0 unspecified atom stereocenters. The van der Waals surface area contributed by atoms with Crippen LogP contribution in [-0.4, -0.2) is 60.3 Å². The number of amides is 1. The number of imidazole rings is 1. The monoisotopic (exact) mass is 416 g/mol. The minimum atomic E-state index is -3.85. The standard InChI is InChI=1S/C19H24N6O3S/c1-14(2)18(26)24-9-7-23(8-10-24)16-11-15(12-25-6-5-21-17(16)25)29(27,28)22-19(13-20)3-4-19/h5-6,11-12,14,22H,3-4,7-10H2,1-2H3. The lowest BCUT2D eigenvalue weighted by Crippen LogP contribution is -2.50. The van der Waals surface area contributed by atoms with Gasteiger partial charge in [-0.3, -0.25) is 4.79 Å². The summed E-state index contributed by atoms with van der Waals surface area (Å²) in [5.41, 5.74) is 0.386. The molecule has 2 aromatic heterocycles. The molecule has 2 fully saturated rings. The fourth-order valence-corrected chi connectivity index (χ4v) is 4.98. The van der Waals surface area contributed by atoms with Crippen LogP contribution in [0.3, 0.4) is 0 Å². The summed E-state index contributed by atoms with van der Waals surface area (Å²) >= 11 is 0. The molecular formula is C19H24N6O3S. The smallest absolute Gasteiger partial charge is 0.243 e. The summed E-state index contributed by atoms with van der Waals surface area (Å²) in [7, 11) is -3.85. The molecule has 1 saturated heterocycles. The second-order valence-corrected chi connectivity index (χ2v) is 9.67. The van der Waals surface area contributed by atoms with Crippen molar-refractivity contribution < 1.29 is 13.2 Å². The molecule has 0 bridgehead atoms. The predicted molar refractivity (Wildman–Crippen MR) is 107 cm³/mol. The molecule has 10 heteroatoms. The van der Waals surface area contributed by atoms with Gasteiger partial charge in [-0.2, -0.15) is 9.98 Å². The van der Waals surface area contributed by atoms with E-state index in [9.17, 15) is 18.5 Å². The minimum absolute atomic E-state index is 0.0463. The van der Waals surface area contributed by atoms with Crippen molar-refractivity contribution in [2.45, 2.75) is 37.1 Å². The van der Waals surface area contributed by atoms with Gasteiger partial charge in [0.25, 0.3) is 0 Å². The first-order chi connectivity index (χ1) is 13.7. The first-order valence-electron chi connectivity index (χ1n) is 9.70. The third kappa shape index (κ3) is 3.68. The normalized spacial score (nSPS) is 18.8. The molecule has 4 rings (SSSR count). The van der Waals surface area contributed by atoms with Crippen LogP contribution < -0.4 is 9.62 Å². The zero-order valence-corrected chi connectivity index (χ0v) is 17.3. The summed E-state index contributed by atoms with van der Waals surface area (Å²) < 4.78 is 30.0. The number of hydrogen-bond donors (Lipinski definition) is 1. The molecule has 29 heavy (non-hydrogen) atoms. The Morgan fingerprint density at radius 1 is 1.28 bits per heavy atom. The number of nitrogens with zero attached hydrogens (tertiary/aromatic N) is 5. The Hall–Kier alpha value is -2.64. The van der Waals surface area contributed by atoms with Gasteiger partial charge in [0, 0.05) is 50.7 Å². The van der Waals surface area contributed by atoms with Gasteiger partial charge in [0.1, 0.15) is 10.4 Å². The Morgan fingerprint density at radius 2 is 1.97 bits per heavy atom. The number of nitrogens with one attached hydrogen (secondary N) is 1. The topological polar surface area (TPSA) is 111 Å². The molecule has 2 aromatic rings. The summed E-state index contributed by atoms with van der Waals surface area (Å²) in [6.45, 7) is 6.13. The molecule has 1 aliphatic carbocycles. The summed E-state index contributed by atoms with van der Waals surface area (Å²) in [6, 6.07) is 3.66. The molecule has 0 aromatic carbocycles. The minimum Gasteiger partial charge on any atom is -0.365 e. The van der Waals surface area contributed by atoms with Gasteiger partial charge in [0.15, 0.2) is 5.65 Å². The third-order valence-electron chi connectivity index (χ3n) is 5.47. The van der Waals surface area contributed by atoms with Gasteiger partial charge < -0.3 is 14.2 Å². The van der Waals surface area contributed by atoms with E-state index in [2.05, 4.69) is 20.7 Å². The first-order valence-corrected chi connectivity index (χ1v) is 11.2. The number of piperazine rings is 1. The van der Waals surface area contributed by atoms with Gasteiger partial charge >= 0.3 is 0 Å². The van der Waals surface area contributed by atoms with Crippen LogP contribution in [0.2, 0.25) is 0 Å². The van der Waals surface area contributed by atoms with E-state index in [4.69, 9.17) is 0 Å². The van der Waals surface area contributed by atoms with Crippen LogP contribution in [0.1, 0.15) is 26.7 Å². The Balaban J connectivity index is 1.63. The number of nitriles is 1. The fourth-order valence-electron chi connectivity index (χ4n) is 3.58. The van der Waals surface area contributed by atoms with Gasteiger partial charge in [-0.25, -0.2) is 13.4 Å². The molecule has 3 heterocycles. The van der Waals surface area contributed by atoms with Gasteiger partial charge in [-0.15, -0.1) is 0 Å². The summed E-state index contributed by atoms with van der Waals surface area (Å²) in [6.07, 6.45) is 5.89. The van der Waals surface area contributed by atoms with Crippen LogP contribution in [0.4, 0.5) is 5.69 Å². The lowest BCUT2D eigenvalue weighted by Gasteiger charge is -2.37. The molecule has 1 aliphatic heterocycles. The number of pyridine rings is 1. The fraction of sp³-hybridized carbons (Fsp3) is 0.526. The van der Waals surface area contributed by atoms with Crippen molar-refractivity contribution in [3.05, 3.63) is 24.7 Å². The molecule has 0 atom stereocenters. The number of fused-ring (bicyclic) bond motifs is 1. The van der Waals surface area contributed by atoms with Gasteiger partial charge in [0.2, 0.25) is 15.9 Å². The van der Waals surface area contributed by atoms with Gasteiger partial charge in [-0.1, -0.05) is 13.8 Å². The number of aromatic nitrogens is 2. The Kier molecular flexibility index (Phi) is 4.75. The Labute approximate surface area is 170 Å². The first kappa shape index (κ1) is 19.7. The molecule has 9 nitrogen and oxygen atoms in total. The number of hydrogen-bond acceptors (Lipinski definition) is 6. The van der Waals surface area contributed by atoms with Crippen molar-refractivity contribution >= 4 is 27.3 Å². The van der Waals surface area contributed by atoms with E-state index in [1.54, 1.807) is 22.9 Å². The van der Waals surface area contributed by atoms with Crippen LogP contribution >= 0.6 is 0 Å². The van der Waals surface area contributed by atoms with Crippen LogP contribution in [-0.2, 0) is 14.8 Å². The lowest BCUT2D eigenvalue weighted by atomic mass is 10.1. The maximum Gasteiger partial charge on any atom is 0.243 e. The van der Waals surface area contributed by atoms with Crippen LogP contribution in [0.15, 0.2) is 29.6 Å². The maximum atomic E-state index is 12.9. The number of sulfonamides is 1. The molecule has 2 aliphatic rings. The molecule has 1 amide bonds. The molecule has 0 spiro atoms. The molecule has 0 radical (unpaired) electrons. The average Bonchev–Trinajstić information content (AvgIpc) is 3.30. The molecule has 1 saturated carbocycles. The van der Waals surface area contributed by atoms with Crippen molar-refractivity contribution in [2.75, 3.05) is 31.1 Å². The second-order valence-electron chi connectivity index (χ2n) is 7.99. The largest absolute Gasteiger partial charge is 0.365 e. The quantitative estimate of drug-likeness (QED) is 0.778. The molecular weight excluding hydrogens is 392 g/mol. The predicted octanol–water partition coefficient (Wildman–Crippen LogP) is 0.973. The highest BCUT2D eigenvalue weighted by Gasteiger charge is 2.47. The number of carbonyl (C=O) groups is 1. The van der Waals surface area contributed by atoms with E-state index in [1.165, 1.54) is 6.20 Å². The van der Waals surface area contributed by atoms with E-state index < -0.39 is 15.6 Å². The van der Waals surface area contributed by atoms with Crippen LogP contribution in [0.25, 0.3) is 5.65 Å². The Morgan fingerprint density at radius 3 is 2.55 bits per heavy atom. The van der Waals surface area contributed by atoms with Crippen LogP contribution in [0.5, 0.6) is 0 Å². The average molecular weight is 417 g/mol. The molecule has 154 valence electrons. The zero-order valence-electron chi connectivity index (χ0n) is 16.5. The third-order valence-corrected chi connectivity index (χ3v) is 6.98. The second kappa shape index (κ2) is 7.00. The number of anilines is 1. The highest BCUT2D eigenvalue weighted by Crippen LogP contribution is 2.36. The van der Waals surface area contributed by atoms with Crippen molar-refractivity contribution in [1.82, 2.24) is 19.0 Å². The number of rotatable bonds is 5. The van der Waals surface area contributed by atoms with Gasteiger partial charge in [0.05, 0.1) is 11.8 Å². The molecule has 1 N–H and O–H groups in total. The van der Waals surface area contributed by atoms with E-state index in [1.807, 2.05) is 18.7 Å².